The molecule has 5 nitrogen and oxygen atoms in total. The van der Waals surface area contributed by atoms with Gasteiger partial charge >= 0.3 is 0 Å². The van der Waals surface area contributed by atoms with Crippen LogP contribution in [0.2, 0.25) is 0 Å². The van der Waals surface area contributed by atoms with E-state index in [9.17, 15) is 4.79 Å². The average Bonchev–Trinajstić information content (AvgIpc) is 2.83. The van der Waals surface area contributed by atoms with Crippen molar-refractivity contribution in [3.05, 3.63) is 46.8 Å². The highest BCUT2D eigenvalue weighted by molar-refractivity contribution is 5.77. The molecule has 0 bridgehead atoms. The first-order valence-corrected chi connectivity index (χ1v) is 6.52. The van der Waals surface area contributed by atoms with Crippen LogP contribution in [0.15, 0.2) is 24.4 Å². The molecule has 2 N–H and O–H groups in total. The fourth-order valence-electron chi connectivity index (χ4n) is 1.82. The van der Waals surface area contributed by atoms with E-state index in [4.69, 9.17) is 4.74 Å². The Bertz CT molecular complexity index is 605. The van der Waals surface area contributed by atoms with Gasteiger partial charge in [0, 0.05) is 17.8 Å². The molecule has 0 unspecified atom stereocenters. The van der Waals surface area contributed by atoms with E-state index < -0.39 is 0 Å². The maximum absolute atomic E-state index is 11.8. The predicted octanol–water partition coefficient (Wildman–Crippen LogP) is 2.03. The van der Waals surface area contributed by atoms with Crippen LogP contribution < -0.4 is 10.1 Å². The van der Waals surface area contributed by atoms with Crippen LogP contribution in [0.3, 0.4) is 0 Å². The molecule has 0 radical (unpaired) electrons. The molecule has 1 heterocycles. The van der Waals surface area contributed by atoms with Crippen molar-refractivity contribution in [2.75, 3.05) is 6.61 Å². The second-order valence-electron chi connectivity index (χ2n) is 4.78. The fourth-order valence-corrected chi connectivity index (χ4v) is 1.82. The second kappa shape index (κ2) is 6.23. The fraction of sp³-hybridized carbons (Fsp3) is 0.333. The van der Waals surface area contributed by atoms with Crippen molar-refractivity contribution in [1.29, 1.82) is 0 Å². The van der Waals surface area contributed by atoms with E-state index in [0.717, 1.165) is 28.1 Å². The van der Waals surface area contributed by atoms with Crippen LogP contribution in [0.5, 0.6) is 5.75 Å². The Morgan fingerprint density at radius 3 is 2.85 bits per heavy atom. The standard InChI is InChI=1S/C15H19N3O2/c1-10-5-4-6-14(11(10)2)20-9-15(19)16-7-13-8-17-18-12(13)3/h4-6,8H,7,9H2,1-3H3,(H,16,19)(H,17,18). The van der Waals surface area contributed by atoms with Gasteiger partial charge in [-0.3, -0.25) is 9.89 Å². The van der Waals surface area contributed by atoms with Crippen LogP contribution in [-0.2, 0) is 11.3 Å². The number of carbonyl (C=O) groups is 1. The van der Waals surface area contributed by atoms with Gasteiger partial charge in [-0.05, 0) is 38.0 Å². The summed E-state index contributed by atoms with van der Waals surface area (Å²) in [4.78, 5) is 11.8. The third-order valence-corrected chi connectivity index (χ3v) is 3.32. The molecule has 0 fully saturated rings. The molecule has 1 aromatic carbocycles. The molecule has 0 aliphatic heterocycles. The number of hydrogen-bond acceptors (Lipinski definition) is 3. The van der Waals surface area contributed by atoms with Crippen LogP contribution in [0.25, 0.3) is 0 Å². The molecule has 0 aliphatic carbocycles. The number of nitrogens with zero attached hydrogens (tertiary/aromatic N) is 1. The molecule has 2 aromatic rings. The molecule has 5 heteroatoms. The van der Waals surface area contributed by atoms with Crippen LogP contribution in [0.4, 0.5) is 0 Å². The zero-order valence-electron chi connectivity index (χ0n) is 12.0. The second-order valence-corrected chi connectivity index (χ2v) is 4.78. The summed E-state index contributed by atoms with van der Waals surface area (Å²) in [6.07, 6.45) is 1.71. The summed E-state index contributed by atoms with van der Waals surface area (Å²) in [6, 6.07) is 5.81. The highest BCUT2D eigenvalue weighted by Crippen LogP contribution is 2.20. The number of rotatable bonds is 5. The Morgan fingerprint density at radius 1 is 1.35 bits per heavy atom. The lowest BCUT2D eigenvalue weighted by Gasteiger charge is -2.10. The van der Waals surface area contributed by atoms with Crippen molar-refractivity contribution >= 4 is 5.91 Å². The Balaban J connectivity index is 1.83. The summed E-state index contributed by atoms with van der Waals surface area (Å²) in [5, 5.41) is 9.54. The number of aromatic nitrogens is 2. The molecule has 0 spiro atoms. The van der Waals surface area contributed by atoms with E-state index in [1.54, 1.807) is 6.20 Å². The summed E-state index contributed by atoms with van der Waals surface area (Å²) in [6.45, 7) is 6.39. The molecular weight excluding hydrogens is 254 g/mol. The largest absolute Gasteiger partial charge is 0.483 e. The number of benzene rings is 1. The maximum Gasteiger partial charge on any atom is 0.258 e. The SMILES string of the molecule is Cc1cccc(OCC(=O)NCc2cn[nH]c2C)c1C. The van der Waals surface area contributed by atoms with Crippen molar-refractivity contribution in [3.8, 4) is 5.75 Å². The minimum atomic E-state index is -0.147. The maximum atomic E-state index is 11.8. The average molecular weight is 273 g/mol. The minimum Gasteiger partial charge on any atom is -0.483 e. The number of aryl methyl sites for hydroxylation is 2. The number of nitrogens with one attached hydrogen (secondary N) is 2. The first-order chi connectivity index (χ1) is 9.58. The minimum absolute atomic E-state index is 0.0151. The zero-order chi connectivity index (χ0) is 14.5. The molecule has 0 atom stereocenters. The molecule has 1 aromatic heterocycles. The Kier molecular flexibility index (Phi) is 4.40. The summed E-state index contributed by atoms with van der Waals surface area (Å²) < 4.78 is 5.54. The Hall–Kier alpha value is -2.30. The van der Waals surface area contributed by atoms with Gasteiger partial charge in [-0.15, -0.1) is 0 Å². The Morgan fingerprint density at radius 2 is 2.15 bits per heavy atom. The molecule has 106 valence electrons. The van der Waals surface area contributed by atoms with Crippen LogP contribution in [0, 0.1) is 20.8 Å². The molecular formula is C15H19N3O2. The molecule has 0 aliphatic rings. The van der Waals surface area contributed by atoms with Gasteiger partial charge in [-0.25, -0.2) is 0 Å². The van der Waals surface area contributed by atoms with Crippen molar-refractivity contribution < 1.29 is 9.53 Å². The number of amides is 1. The summed E-state index contributed by atoms with van der Waals surface area (Å²) >= 11 is 0. The van der Waals surface area contributed by atoms with Crippen molar-refractivity contribution in [1.82, 2.24) is 15.5 Å². The quantitative estimate of drug-likeness (QED) is 0.876. The topological polar surface area (TPSA) is 67.0 Å². The van der Waals surface area contributed by atoms with Gasteiger partial charge in [-0.1, -0.05) is 12.1 Å². The third kappa shape index (κ3) is 3.38. The molecule has 0 saturated heterocycles. The first-order valence-electron chi connectivity index (χ1n) is 6.52. The van der Waals surface area contributed by atoms with Crippen molar-refractivity contribution in [3.63, 3.8) is 0 Å². The van der Waals surface area contributed by atoms with Crippen molar-refractivity contribution in [2.24, 2.45) is 0 Å². The van der Waals surface area contributed by atoms with Gasteiger partial charge in [-0.2, -0.15) is 5.10 Å². The number of aromatic amines is 1. The van der Waals surface area contributed by atoms with E-state index in [1.807, 2.05) is 39.0 Å². The molecule has 1 amide bonds. The number of hydrogen-bond donors (Lipinski definition) is 2. The first kappa shape index (κ1) is 14.1. The van der Waals surface area contributed by atoms with Gasteiger partial charge < -0.3 is 10.1 Å². The van der Waals surface area contributed by atoms with Gasteiger partial charge in [0.2, 0.25) is 0 Å². The lowest BCUT2D eigenvalue weighted by molar-refractivity contribution is -0.123. The van der Waals surface area contributed by atoms with Gasteiger partial charge in [0.25, 0.3) is 5.91 Å². The van der Waals surface area contributed by atoms with E-state index >= 15 is 0 Å². The third-order valence-electron chi connectivity index (χ3n) is 3.32. The lowest BCUT2D eigenvalue weighted by atomic mass is 10.1. The lowest BCUT2D eigenvalue weighted by Crippen LogP contribution is -2.28. The predicted molar refractivity (Wildman–Crippen MR) is 76.6 cm³/mol. The molecule has 20 heavy (non-hydrogen) atoms. The van der Waals surface area contributed by atoms with E-state index in [1.165, 1.54) is 0 Å². The number of carbonyl (C=O) groups excluding carboxylic acids is 1. The normalized spacial score (nSPS) is 10.3. The monoisotopic (exact) mass is 273 g/mol. The van der Waals surface area contributed by atoms with Gasteiger partial charge in [0.1, 0.15) is 5.75 Å². The summed E-state index contributed by atoms with van der Waals surface area (Å²) in [5.41, 5.74) is 4.15. The molecule has 0 saturated carbocycles. The number of ether oxygens (including phenoxy) is 1. The zero-order valence-corrected chi connectivity index (χ0v) is 12.0. The summed E-state index contributed by atoms with van der Waals surface area (Å²) in [7, 11) is 0. The smallest absolute Gasteiger partial charge is 0.258 e. The van der Waals surface area contributed by atoms with Gasteiger partial charge in [0.15, 0.2) is 6.61 Å². The van der Waals surface area contributed by atoms with E-state index in [-0.39, 0.29) is 12.5 Å². The van der Waals surface area contributed by atoms with Crippen LogP contribution in [-0.4, -0.2) is 22.7 Å². The van der Waals surface area contributed by atoms with E-state index in [0.29, 0.717) is 6.54 Å². The van der Waals surface area contributed by atoms with Crippen molar-refractivity contribution in [2.45, 2.75) is 27.3 Å². The van der Waals surface area contributed by atoms with E-state index in [2.05, 4.69) is 15.5 Å². The highest BCUT2D eigenvalue weighted by atomic mass is 16.5. The summed E-state index contributed by atoms with van der Waals surface area (Å²) in [5.74, 6) is 0.603. The Labute approximate surface area is 118 Å². The highest BCUT2D eigenvalue weighted by Gasteiger charge is 2.07. The van der Waals surface area contributed by atoms with Gasteiger partial charge in [0.05, 0.1) is 6.20 Å². The number of H-pyrrole nitrogens is 1. The van der Waals surface area contributed by atoms with Crippen LogP contribution >= 0.6 is 0 Å². The molecule has 2 rings (SSSR count). The van der Waals surface area contributed by atoms with Crippen LogP contribution in [0.1, 0.15) is 22.4 Å².